The van der Waals surface area contributed by atoms with Gasteiger partial charge in [-0.3, -0.25) is 0 Å². The first-order valence-electron chi connectivity index (χ1n) is 8.64. The number of anilines is 1. The van der Waals surface area contributed by atoms with Crippen LogP contribution in [0.2, 0.25) is 0 Å². The van der Waals surface area contributed by atoms with Gasteiger partial charge in [-0.15, -0.1) is 10.2 Å². The van der Waals surface area contributed by atoms with E-state index in [1.165, 1.54) is 0 Å². The maximum absolute atomic E-state index is 9.44. The number of phenols is 1. The van der Waals surface area contributed by atoms with Gasteiger partial charge in [-0.2, -0.15) is 0 Å². The zero-order chi connectivity index (χ0) is 18.6. The van der Waals surface area contributed by atoms with E-state index in [4.69, 9.17) is 5.73 Å². The molecule has 4 N–H and O–H groups in total. The Labute approximate surface area is 153 Å². The second kappa shape index (κ2) is 7.54. The molecular weight excluding hydrogens is 324 g/mol. The molecule has 0 saturated heterocycles. The molecule has 3 aromatic rings. The lowest BCUT2D eigenvalue weighted by atomic mass is 9.84. The van der Waals surface area contributed by atoms with Crippen LogP contribution in [0.1, 0.15) is 25.0 Å². The van der Waals surface area contributed by atoms with Gasteiger partial charge in [0.1, 0.15) is 11.6 Å². The Balaban J connectivity index is 1.68. The van der Waals surface area contributed by atoms with Crippen LogP contribution in [0.25, 0.3) is 11.3 Å². The van der Waals surface area contributed by atoms with E-state index in [9.17, 15) is 5.11 Å². The van der Waals surface area contributed by atoms with Crippen LogP contribution in [0.4, 0.5) is 5.82 Å². The minimum Gasteiger partial charge on any atom is -0.508 e. The van der Waals surface area contributed by atoms with Gasteiger partial charge in [0.25, 0.3) is 0 Å². The molecule has 0 atom stereocenters. The lowest BCUT2D eigenvalue weighted by Crippen LogP contribution is -2.27. The Hall–Kier alpha value is -2.92. The summed E-state index contributed by atoms with van der Waals surface area (Å²) in [7, 11) is 0. The van der Waals surface area contributed by atoms with E-state index < -0.39 is 0 Å². The van der Waals surface area contributed by atoms with E-state index in [0.717, 1.165) is 28.2 Å². The van der Waals surface area contributed by atoms with Crippen molar-refractivity contribution in [1.29, 1.82) is 0 Å². The zero-order valence-electron chi connectivity index (χ0n) is 15.1. The molecule has 0 radical (unpaired) electrons. The molecule has 3 rings (SSSR count). The third-order valence-corrected chi connectivity index (χ3v) is 4.48. The van der Waals surface area contributed by atoms with Crippen molar-refractivity contribution in [3.8, 4) is 17.0 Å². The van der Waals surface area contributed by atoms with Crippen molar-refractivity contribution in [3.63, 3.8) is 0 Å². The van der Waals surface area contributed by atoms with Crippen LogP contribution in [0.5, 0.6) is 5.75 Å². The fourth-order valence-electron chi connectivity index (χ4n) is 2.76. The number of hydrogen-bond donors (Lipinski definition) is 3. The summed E-state index contributed by atoms with van der Waals surface area (Å²) in [5.74, 6) is 1.01. The van der Waals surface area contributed by atoms with Crippen molar-refractivity contribution < 1.29 is 5.11 Å². The van der Waals surface area contributed by atoms with Crippen LogP contribution < -0.4 is 11.1 Å². The number of aromatic hydroxyl groups is 1. The highest BCUT2D eigenvalue weighted by atomic mass is 16.3. The van der Waals surface area contributed by atoms with Crippen molar-refractivity contribution in [2.24, 2.45) is 5.73 Å². The summed E-state index contributed by atoms with van der Waals surface area (Å²) in [6.45, 7) is 5.50. The summed E-state index contributed by atoms with van der Waals surface area (Å²) in [6.07, 6.45) is 0. The Kier molecular flexibility index (Phi) is 5.19. The van der Waals surface area contributed by atoms with E-state index in [0.29, 0.717) is 13.1 Å². The molecule has 0 bridgehead atoms. The molecule has 1 heterocycles. The van der Waals surface area contributed by atoms with Gasteiger partial charge >= 0.3 is 0 Å². The number of aromatic nitrogens is 2. The molecule has 134 valence electrons. The molecule has 0 saturated carbocycles. The maximum Gasteiger partial charge on any atom is 0.148 e. The van der Waals surface area contributed by atoms with Crippen LogP contribution in [0.3, 0.4) is 0 Å². The van der Waals surface area contributed by atoms with Gasteiger partial charge in [0.15, 0.2) is 0 Å². The van der Waals surface area contributed by atoms with E-state index >= 15 is 0 Å². The van der Waals surface area contributed by atoms with E-state index in [-0.39, 0.29) is 11.2 Å². The summed E-state index contributed by atoms with van der Waals surface area (Å²) in [6, 6.07) is 19.2. The summed E-state index contributed by atoms with van der Waals surface area (Å²) in [5, 5.41) is 21.4. The van der Waals surface area contributed by atoms with Crippen LogP contribution in [-0.2, 0) is 12.0 Å². The van der Waals surface area contributed by atoms with Crippen LogP contribution in [0, 0.1) is 0 Å². The Bertz CT molecular complexity index is 858. The maximum atomic E-state index is 9.44. The topological polar surface area (TPSA) is 84.1 Å². The number of rotatable bonds is 6. The van der Waals surface area contributed by atoms with E-state index in [1.54, 1.807) is 12.1 Å². The lowest BCUT2D eigenvalue weighted by molar-refractivity contribution is 0.473. The molecule has 0 amide bonds. The third-order valence-electron chi connectivity index (χ3n) is 4.48. The third kappa shape index (κ3) is 4.18. The lowest BCUT2D eigenvalue weighted by Gasteiger charge is -2.26. The number of nitrogens with one attached hydrogen (secondary N) is 1. The van der Waals surface area contributed by atoms with Crippen LogP contribution in [-0.4, -0.2) is 21.8 Å². The quantitative estimate of drug-likeness (QED) is 0.632. The first-order valence-corrected chi connectivity index (χ1v) is 8.64. The average Bonchev–Trinajstić information content (AvgIpc) is 2.67. The van der Waals surface area contributed by atoms with Gasteiger partial charge in [0.05, 0.1) is 5.69 Å². The van der Waals surface area contributed by atoms with Crippen LogP contribution >= 0.6 is 0 Å². The van der Waals surface area contributed by atoms with Crippen molar-refractivity contribution >= 4 is 5.82 Å². The molecule has 0 aliphatic heterocycles. The molecule has 0 unspecified atom stereocenters. The molecule has 0 aliphatic carbocycles. The normalized spacial score (nSPS) is 11.3. The monoisotopic (exact) mass is 348 g/mol. The van der Waals surface area contributed by atoms with Gasteiger partial charge in [0, 0.05) is 24.1 Å². The highest BCUT2D eigenvalue weighted by molar-refractivity contribution is 5.60. The average molecular weight is 348 g/mol. The predicted octanol–water partition coefficient (Wildman–Crippen LogP) is 3.70. The largest absolute Gasteiger partial charge is 0.508 e. The number of phenolic OH excluding ortho intramolecular Hbond substituents is 1. The standard InChI is InChI=1S/C21H24N4O/c1-21(2,17-6-8-18(26)9-7-17)14-23-20-11-10-19(24-25-20)16-5-3-4-15(12-16)13-22/h3-12,26H,13-14,22H2,1-2H3,(H,23,25). The van der Waals surface area contributed by atoms with Gasteiger partial charge in [-0.05, 0) is 41.5 Å². The molecule has 26 heavy (non-hydrogen) atoms. The summed E-state index contributed by atoms with van der Waals surface area (Å²) < 4.78 is 0. The molecular formula is C21H24N4O. The highest BCUT2D eigenvalue weighted by Crippen LogP contribution is 2.25. The number of nitrogens with zero attached hydrogens (tertiary/aromatic N) is 2. The first-order chi connectivity index (χ1) is 12.5. The van der Waals surface area contributed by atoms with E-state index in [1.807, 2.05) is 48.5 Å². The van der Waals surface area contributed by atoms with Crippen LogP contribution in [0.15, 0.2) is 60.7 Å². The van der Waals surface area contributed by atoms with Gasteiger partial charge < -0.3 is 16.2 Å². The molecule has 5 nitrogen and oxygen atoms in total. The summed E-state index contributed by atoms with van der Waals surface area (Å²) >= 11 is 0. The summed E-state index contributed by atoms with van der Waals surface area (Å²) in [5.41, 5.74) is 9.64. The van der Waals surface area contributed by atoms with Crippen molar-refractivity contribution in [3.05, 3.63) is 71.8 Å². The Morgan fingerprint density at radius 1 is 1.00 bits per heavy atom. The summed E-state index contributed by atoms with van der Waals surface area (Å²) in [4.78, 5) is 0. The Morgan fingerprint density at radius 2 is 1.77 bits per heavy atom. The fraction of sp³-hybridized carbons (Fsp3) is 0.238. The second-order valence-electron chi connectivity index (χ2n) is 6.99. The molecule has 0 aliphatic rings. The van der Waals surface area contributed by atoms with Crippen molar-refractivity contribution in [1.82, 2.24) is 10.2 Å². The highest BCUT2D eigenvalue weighted by Gasteiger charge is 2.20. The zero-order valence-corrected chi connectivity index (χ0v) is 15.1. The molecule has 0 fully saturated rings. The van der Waals surface area contributed by atoms with Crippen molar-refractivity contribution in [2.75, 3.05) is 11.9 Å². The number of benzene rings is 2. The van der Waals surface area contributed by atoms with Gasteiger partial charge in [0.2, 0.25) is 0 Å². The number of nitrogens with two attached hydrogens (primary N) is 1. The van der Waals surface area contributed by atoms with Gasteiger partial charge in [-0.1, -0.05) is 44.2 Å². The van der Waals surface area contributed by atoms with Crippen molar-refractivity contribution in [2.45, 2.75) is 25.8 Å². The second-order valence-corrected chi connectivity index (χ2v) is 6.99. The molecule has 1 aromatic heterocycles. The Morgan fingerprint density at radius 3 is 2.42 bits per heavy atom. The SMILES string of the molecule is CC(C)(CNc1ccc(-c2cccc(CN)c2)nn1)c1ccc(O)cc1. The molecule has 0 spiro atoms. The van der Waals surface area contributed by atoms with E-state index in [2.05, 4.69) is 29.4 Å². The predicted molar refractivity (Wildman–Crippen MR) is 105 cm³/mol. The fourth-order valence-corrected chi connectivity index (χ4v) is 2.76. The molecule has 2 aromatic carbocycles. The number of hydrogen-bond acceptors (Lipinski definition) is 5. The smallest absolute Gasteiger partial charge is 0.148 e. The minimum atomic E-state index is -0.108. The minimum absolute atomic E-state index is 0.108. The first kappa shape index (κ1) is 17.9. The molecule has 5 heteroatoms. The van der Waals surface area contributed by atoms with Gasteiger partial charge in [-0.25, -0.2) is 0 Å².